The third-order valence-corrected chi connectivity index (χ3v) is 4.05. The van der Waals surface area contributed by atoms with Crippen LogP contribution in [0.2, 0.25) is 0 Å². The summed E-state index contributed by atoms with van der Waals surface area (Å²) >= 11 is 0. The molecule has 0 spiro atoms. The highest BCUT2D eigenvalue weighted by Gasteiger charge is 2.21. The molecule has 0 unspecified atom stereocenters. The summed E-state index contributed by atoms with van der Waals surface area (Å²) in [4.78, 5) is 11.9. The number of hydrogen-bond acceptors (Lipinski definition) is 2. The molecule has 0 bridgehead atoms. The minimum Gasteiger partial charge on any atom is -0.273 e. The van der Waals surface area contributed by atoms with Gasteiger partial charge in [-0.05, 0) is 44.4 Å². The third kappa shape index (κ3) is 3.83. The molecule has 1 amide bonds. The topological polar surface area (TPSA) is 41.5 Å². The van der Waals surface area contributed by atoms with E-state index < -0.39 is 0 Å². The summed E-state index contributed by atoms with van der Waals surface area (Å²) < 4.78 is 0. The van der Waals surface area contributed by atoms with E-state index in [1.165, 1.54) is 37.8 Å². The van der Waals surface area contributed by atoms with Crippen LogP contribution in [0.15, 0.2) is 5.10 Å². The highest BCUT2D eigenvalue weighted by molar-refractivity contribution is 5.87. The molecule has 0 aromatic rings. The van der Waals surface area contributed by atoms with Gasteiger partial charge in [-0.3, -0.25) is 4.79 Å². The Morgan fingerprint density at radius 1 is 1.18 bits per heavy atom. The van der Waals surface area contributed by atoms with Gasteiger partial charge in [0.15, 0.2) is 0 Å². The molecule has 0 aromatic heterocycles. The SMILES string of the molecule is C[C@@H]1CCC/C(=N\NC(=O)C2CCCCC2)C1. The average Bonchev–Trinajstić information content (AvgIpc) is 2.37. The van der Waals surface area contributed by atoms with Gasteiger partial charge in [0.25, 0.3) is 0 Å². The lowest BCUT2D eigenvalue weighted by molar-refractivity contribution is -0.125. The van der Waals surface area contributed by atoms with Crippen LogP contribution >= 0.6 is 0 Å². The Labute approximate surface area is 104 Å². The van der Waals surface area contributed by atoms with E-state index in [0.717, 1.165) is 31.6 Å². The van der Waals surface area contributed by atoms with Gasteiger partial charge in [0.2, 0.25) is 5.91 Å². The van der Waals surface area contributed by atoms with Crippen molar-refractivity contribution in [2.75, 3.05) is 0 Å². The van der Waals surface area contributed by atoms with Gasteiger partial charge in [-0.1, -0.05) is 26.2 Å². The largest absolute Gasteiger partial charge is 0.273 e. The molecule has 0 aliphatic heterocycles. The van der Waals surface area contributed by atoms with Gasteiger partial charge in [-0.15, -0.1) is 0 Å². The Hall–Kier alpha value is -0.860. The zero-order valence-corrected chi connectivity index (χ0v) is 10.9. The van der Waals surface area contributed by atoms with Gasteiger partial charge in [0.1, 0.15) is 0 Å². The summed E-state index contributed by atoms with van der Waals surface area (Å²) in [7, 11) is 0. The highest BCUT2D eigenvalue weighted by Crippen LogP contribution is 2.24. The van der Waals surface area contributed by atoms with Crippen LogP contribution in [-0.4, -0.2) is 11.6 Å². The Morgan fingerprint density at radius 3 is 2.65 bits per heavy atom. The van der Waals surface area contributed by atoms with Gasteiger partial charge in [0.05, 0.1) is 0 Å². The minimum absolute atomic E-state index is 0.149. The molecule has 1 N–H and O–H groups in total. The van der Waals surface area contributed by atoms with Crippen LogP contribution in [0.25, 0.3) is 0 Å². The van der Waals surface area contributed by atoms with Crippen molar-refractivity contribution in [3.8, 4) is 0 Å². The molecular weight excluding hydrogens is 212 g/mol. The fourth-order valence-electron chi connectivity index (χ4n) is 2.95. The number of hydrogen-bond donors (Lipinski definition) is 1. The number of amides is 1. The van der Waals surface area contributed by atoms with Crippen LogP contribution in [0.1, 0.15) is 64.7 Å². The van der Waals surface area contributed by atoms with E-state index in [4.69, 9.17) is 0 Å². The van der Waals surface area contributed by atoms with Gasteiger partial charge in [0, 0.05) is 11.6 Å². The van der Waals surface area contributed by atoms with Crippen LogP contribution in [0.4, 0.5) is 0 Å². The maximum Gasteiger partial charge on any atom is 0.243 e. The predicted molar refractivity (Wildman–Crippen MR) is 69.8 cm³/mol. The standard InChI is InChI=1S/C14H24N2O/c1-11-6-5-9-13(10-11)15-16-14(17)12-7-3-2-4-8-12/h11-12H,2-10H2,1H3,(H,16,17)/b15-13+/t11-/m1/s1. The smallest absolute Gasteiger partial charge is 0.243 e. The molecule has 2 fully saturated rings. The summed E-state index contributed by atoms with van der Waals surface area (Å²) in [5.41, 5.74) is 3.98. The molecule has 17 heavy (non-hydrogen) atoms. The van der Waals surface area contributed by atoms with Crippen molar-refractivity contribution in [1.82, 2.24) is 5.43 Å². The van der Waals surface area contributed by atoms with Gasteiger partial charge >= 0.3 is 0 Å². The van der Waals surface area contributed by atoms with E-state index >= 15 is 0 Å². The van der Waals surface area contributed by atoms with E-state index in [9.17, 15) is 4.79 Å². The van der Waals surface area contributed by atoms with Crippen LogP contribution in [0.3, 0.4) is 0 Å². The molecule has 1 atom stereocenters. The zero-order chi connectivity index (χ0) is 12.1. The number of hydrazone groups is 1. The normalized spacial score (nSPS) is 29.2. The molecule has 0 radical (unpaired) electrons. The second kappa shape index (κ2) is 6.18. The van der Waals surface area contributed by atoms with E-state index in [-0.39, 0.29) is 11.8 Å². The molecule has 0 saturated heterocycles. The van der Waals surface area contributed by atoms with Crippen molar-refractivity contribution >= 4 is 11.6 Å². The quantitative estimate of drug-likeness (QED) is 0.735. The first-order valence-electron chi connectivity index (χ1n) is 7.11. The first kappa shape index (κ1) is 12.6. The van der Waals surface area contributed by atoms with Gasteiger partial charge in [-0.2, -0.15) is 5.10 Å². The second-order valence-electron chi connectivity index (χ2n) is 5.69. The number of nitrogens with zero attached hydrogens (tertiary/aromatic N) is 1. The van der Waals surface area contributed by atoms with Gasteiger partial charge < -0.3 is 0 Å². The van der Waals surface area contributed by atoms with Crippen molar-refractivity contribution in [2.45, 2.75) is 64.7 Å². The summed E-state index contributed by atoms with van der Waals surface area (Å²) in [5.74, 6) is 1.10. The highest BCUT2D eigenvalue weighted by atomic mass is 16.2. The first-order valence-corrected chi connectivity index (χ1v) is 7.11. The van der Waals surface area contributed by atoms with Crippen molar-refractivity contribution in [3.05, 3.63) is 0 Å². The average molecular weight is 236 g/mol. The molecule has 0 heterocycles. The van der Waals surface area contributed by atoms with Crippen LogP contribution in [0.5, 0.6) is 0 Å². The number of nitrogens with one attached hydrogen (secondary N) is 1. The Morgan fingerprint density at radius 2 is 1.94 bits per heavy atom. The third-order valence-electron chi connectivity index (χ3n) is 4.05. The van der Waals surface area contributed by atoms with E-state index in [1.807, 2.05) is 0 Å². The summed E-state index contributed by atoms with van der Waals surface area (Å²) in [6.45, 7) is 2.26. The van der Waals surface area contributed by atoms with Crippen LogP contribution < -0.4 is 5.43 Å². The maximum absolute atomic E-state index is 11.9. The molecule has 2 rings (SSSR count). The first-order chi connectivity index (χ1) is 8.25. The van der Waals surface area contributed by atoms with Crippen LogP contribution in [0, 0.1) is 11.8 Å². The zero-order valence-electron chi connectivity index (χ0n) is 10.9. The van der Waals surface area contributed by atoms with Gasteiger partial charge in [-0.25, -0.2) is 5.43 Å². The Balaban J connectivity index is 1.79. The lowest BCUT2D eigenvalue weighted by atomic mass is 9.89. The monoisotopic (exact) mass is 236 g/mol. The predicted octanol–water partition coefficient (Wildman–Crippen LogP) is 3.25. The van der Waals surface area contributed by atoms with E-state index in [0.29, 0.717) is 0 Å². The van der Waals surface area contributed by atoms with E-state index in [2.05, 4.69) is 17.5 Å². The minimum atomic E-state index is 0.149. The lowest BCUT2D eigenvalue weighted by Gasteiger charge is -2.21. The molecule has 2 aliphatic rings. The second-order valence-corrected chi connectivity index (χ2v) is 5.69. The number of rotatable bonds is 2. The molecule has 2 aliphatic carbocycles. The molecule has 0 aromatic carbocycles. The summed E-state index contributed by atoms with van der Waals surface area (Å²) in [6, 6.07) is 0. The molecular formula is C14H24N2O. The van der Waals surface area contributed by atoms with Crippen molar-refractivity contribution < 1.29 is 4.79 Å². The van der Waals surface area contributed by atoms with E-state index in [1.54, 1.807) is 0 Å². The Kier molecular flexibility index (Phi) is 4.57. The van der Waals surface area contributed by atoms with Crippen LogP contribution in [-0.2, 0) is 4.79 Å². The number of carbonyl (C=O) groups excluding carboxylic acids is 1. The maximum atomic E-state index is 11.9. The molecule has 3 heteroatoms. The number of carbonyl (C=O) groups is 1. The Bertz CT molecular complexity index is 293. The van der Waals surface area contributed by atoms with Crippen molar-refractivity contribution in [2.24, 2.45) is 16.9 Å². The lowest BCUT2D eigenvalue weighted by Crippen LogP contribution is -2.29. The fraction of sp³-hybridized carbons (Fsp3) is 0.857. The van der Waals surface area contributed by atoms with Crippen molar-refractivity contribution in [1.29, 1.82) is 0 Å². The molecule has 96 valence electrons. The fourth-order valence-corrected chi connectivity index (χ4v) is 2.95. The summed E-state index contributed by atoms with van der Waals surface area (Å²) in [6.07, 6.45) is 10.4. The molecule has 2 saturated carbocycles. The van der Waals surface area contributed by atoms with Crippen molar-refractivity contribution in [3.63, 3.8) is 0 Å². The molecule has 3 nitrogen and oxygen atoms in total. The summed E-state index contributed by atoms with van der Waals surface area (Å²) in [5, 5.41) is 4.33.